The Labute approximate surface area is 172 Å². The predicted octanol–water partition coefficient (Wildman–Crippen LogP) is 4.15. The van der Waals surface area contributed by atoms with Gasteiger partial charge in [0, 0.05) is 11.8 Å². The predicted molar refractivity (Wildman–Crippen MR) is 108 cm³/mol. The van der Waals surface area contributed by atoms with Gasteiger partial charge in [0.05, 0.1) is 39.6 Å². The van der Waals surface area contributed by atoms with Crippen LogP contribution in [0, 0.1) is 0 Å². The van der Waals surface area contributed by atoms with Gasteiger partial charge in [-0.2, -0.15) is 0 Å². The topological polar surface area (TPSA) is 84.0 Å². The molecule has 3 aromatic rings. The zero-order chi connectivity index (χ0) is 21.1. The molecule has 0 fully saturated rings. The van der Waals surface area contributed by atoms with Crippen LogP contribution in [0.1, 0.15) is 20.7 Å². The van der Waals surface area contributed by atoms with Crippen molar-refractivity contribution in [1.82, 2.24) is 4.98 Å². The maximum Gasteiger partial charge on any atom is 0.339 e. The fourth-order valence-electron chi connectivity index (χ4n) is 3.17. The van der Waals surface area contributed by atoms with Crippen LogP contribution in [-0.4, -0.2) is 45.4 Å². The third-order valence-electron chi connectivity index (χ3n) is 4.45. The summed E-state index contributed by atoms with van der Waals surface area (Å²) in [7, 11) is 5.50. The Kier molecular flexibility index (Phi) is 5.89. The Morgan fingerprint density at radius 1 is 0.897 bits per heavy atom. The van der Waals surface area contributed by atoms with Gasteiger partial charge in [-0.3, -0.25) is 0 Å². The minimum atomic E-state index is -0.690. The van der Waals surface area contributed by atoms with Crippen LogP contribution in [0.3, 0.4) is 0 Å². The minimum Gasteiger partial charge on any atom is -0.493 e. The fraction of sp³-hybridized carbons (Fsp3) is 0.190. The third-order valence-corrected chi connectivity index (χ3v) is 4.66. The van der Waals surface area contributed by atoms with Crippen molar-refractivity contribution in [2.45, 2.75) is 0 Å². The lowest BCUT2D eigenvalue weighted by molar-refractivity contribution is 0.0556. The van der Waals surface area contributed by atoms with Gasteiger partial charge in [0.25, 0.3) is 0 Å². The Morgan fingerprint density at radius 3 is 2.14 bits per heavy atom. The molecule has 0 bridgehead atoms. The minimum absolute atomic E-state index is 0.0568. The molecule has 2 aromatic carbocycles. The van der Waals surface area contributed by atoms with E-state index in [4.69, 9.17) is 30.5 Å². The molecule has 150 valence electrons. The summed E-state index contributed by atoms with van der Waals surface area (Å²) in [4.78, 5) is 29.2. The Balaban J connectivity index is 2.55. The molecule has 0 aliphatic heterocycles. The molecule has 1 aromatic heterocycles. The van der Waals surface area contributed by atoms with Crippen LogP contribution < -0.4 is 9.47 Å². The molecule has 0 aliphatic carbocycles. The van der Waals surface area contributed by atoms with Crippen molar-refractivity contribution in [2.24, 2.45) is 0 Å². The molecular formula is C21H18ClNO6. The van der Waals surface area contributed by atoms with Crippen molar-refractivity contribution in [3.63, 3.8) is 0 Å². The molecule has 0 spiro atoms. The van der Waals surface area contributed by atoms with E-state index in [0.717, 1.165) is 0 Å². The number of esters is 2. The average molecular weight is 416 g/mol. The van der Waals surface area contributed by atoms with Gasteiger partial charge < -0.3 is 18.9 Å². The van der Waals surface area contributed by atoms with Crippen molar-refractivity contribution >= 4 is 34.3 Å². The molecule has 0 unspecified atom stereocenters. The maximum atomic E-state index is 12.7. The van der Waals surface area contributed by atoms with Gasteiger partial charge in [0.2, 0.25) is 0 Å². The summed E-state index contributed by atoms with van der Waals surface area (Å²) in [5.74, 6) is -0.433. The number of carbonyl (C=O) groups excluding carboxylic acids is 2. The van der Waals surface area contributed by atoms with E-state index in [1.165, 1.54) is 34.6 Å². The van der Waals surface area contributed by atoms with Gasteiger partial charge >= 0.3 is 11.9 Å². The second kappa shape index (κ2) is 8.36. The molecule has 0 radical (unpaired) electrons. The molecule has 0 saturated heterocycles. The quantitative estimate of drug-likeness (QED) is 0.457. The number of hydrogen-bond donors (Lipinski definition) is 0. The Bertz CT molecular complexity index is 1110. The van der Waals surface area contributed by atoms with Crippen LogP contribution in [0.5, 0.6) is 11.5 Å². The summed E-state index contributed by atoms with van der Waals surface area (Å²) < 4.78 is 20.6. The van der Waals surface area contributed by atoms with E-state index >= 15 is 0 Å². The van der Waals surface area contributed by atoms with E-state index in [9.17, 15) is 9.59 Å². The molecule has 0 amide bonds. The number of benzene rings is 2. The molecule has 1 heterocycles. The normalized spacial score (nSPS) is 10.5. The Morgan fingerprint density at radius 2 is 1.55 bits per heavy atom. The van der Waals surface area contributed by atoms with Gasteiger partial charge in [0.1, 0.15) is 5.15 Å². The number of carbonyl (C=O) groups is 2. The van der Waals surface area contributed by atoms with Crippen molar-refractivity contribution in [2.75, 3.05) is 28.4 Å². The van der Waals surface area contributed by atoms with E-state index < -0.39 is 11.9 Å². The van der Waals surface area contributed by atoms with E-state index in [1.807, 2.05) is 0 Å². The van der Waals surface area contributed by atoms with Crippen LogP contribution >= 0.6 is 11.6 Å². The number of rotatable bonds is 5. The fourth-order valence-corrected chi connectivity index (χ4v) is 3.34. The molecular weight excluding hydrogens is 398 g/mol. The highest BCUT2D eigenvalue weighted by Crippen LogP contribution is 2.41. The molecule has 0 N–H and O–H groups in total. The second-order valence-electron chi connectivity index (χ2n) is 5.95. The zero-order valence-corrected chi connectivity index (χ0v) is 17.0. The maximum absolute atomic E-state index is 12.7. The second-order valence-corrected chi connectivity index (χ2v) is 6.34. The van der Waals surface area contributed by atoms with Gasteiger partial charge in [0.15, 0.2) is 11.5 Å². The molecule has 3 rings (SSSR count). The Hall–Kier alpha value is -3.32. The van der Waals surface area contributed by atoms with Crippen molar-refractivity contribution in [1.29, 1.82) is 0 Å². The molecule has 7 nitrogen and oxygen atoms in total. The van der Waals surface area contributed by atoms with Crippen LogP contribution in [0.4, 0.5) is 0 Å². The largest absolute Gasteiger partial charge is 0.493 e. The first-order valence-corrected chi connectivity index (χ1v) is 8.84. The first-order chi connectivity index (χ1) is 13.9. The van der Waals surface area contributed by atoms with E-state index in [-0.39, 0.29) is 16.3 Å². The number of hydrogen-bond acceptors (Lipinski definition) is 7. The first kappa shape index (κ1) is 20.4. The van der Waals surface area contributed by atoms with Gasteiger partial charge in [-0.15, -0.1) is 0 Å². The lowest BCUT2D eigenvalue weighted by Crippen LogP contribution is -2.14. The van der Waals surface area contributed by atoms with Gasteiger partial charge in [-0.25, -0.2) is 14.6 Å². The monoisotopic (exact) mass is 415 g/mol. The van der Waals surface area contributed by atoms with Crippen LogP contribution in [0.2, 0.25) is 5.15 Å². The molecule has 29 heavy (non-hydrogen) atoms. The van der Waals surface area contributed by atoms with Gasteiger partial charge in [-0.1, -0.05) is 11.6 Å². The number of pyridine rings is 1. The highest BCUT2D eigenvalue weighted by atomic mass is 35.5. The van der Waals surface area contributed by atoms with Crippen molar-refractivity contribution in [3.8, 4) is 22.6 Å². The van der Waals surface area contributed by atoms with Crippen LogP contribution in [0.15, 0.2) is 36.5 Å². The van der Waals surface area contributed by atoms with Crippen molar-refractivity contribution < 1.29 is 28.5 Å². The molecule has 0 aliphatic rings. The lowest BCUT2D eigenvalue weighted by Gasteiger charge is -2.18. The lowest BCUT2D eigenvalue weighted by atomic mass is 9.89. The summed E-state index contributed by atoms with van der Waals surface area (Å²) in [5, 5.41) is 1.51. The summed E-state index contributed by atoms with van der Waals surface area (Å²) in [6.45, 7) is 0. The van der Waals surface area contributed by atoms with Crippen molar-refractivity contribution in [3.05, 3.63) is 52.8 Å². The number of fused-ring (bicyclic) bond motifs is 1. The summed E-state index contributed by atoms with van der Waals surface area (Å²) in [6, 6.07) is 8.28. The average Bonchev–Trinajstić information content (AvgIpc) is 2.75. The van der Waals surface area contributed by atoms with Gasteiger partial charge in [-0.05, 0) is 46.7 Å². The van der Waals surface area contributed by atoms with E-state index in [1.54, 1.807) is 30.3 Å². The van der Waals surface area contributed by atoms with Crippen LogP contribution in [0.25, 0.3) is 21.9 Å². The molecule has 0 saturated carbocycles. The number of ether oxygens (including phenoxy) is 4. The number of methoxy groups -OCH3 is 4. The smallest absolute Gasteiger partial charge is 0.339 e. The summed E-state index contributed by atoms with van der Waals surface area (Å²) in [6.07, 6.45) is 1.51. The number of halogens is 1. The first-order valence-electron chi connectivity index (χ1n) is 8.46. The molecule has 0 atom stereocenters. The zero-order valence-electron chi connectivity index (χ0n) is 16.2. The SMILES string of the molecule is COC(=O)c1cc2cc(OC)c(OC)cc2c(-c2ccnc(Cl)c2)c1C(=O)OC. The highest BCUT2D eigenvalue weighted by molar-refractivity contribution is 6.29. The standard InChI is InChI=1S/C21H18ClNO6/c1-26-15-8-12-7-14(20(24)28-3)19(21(25)29-4)18(13(12)10-16(15)27-2)11-5-6-23-17(22)9-11/h5-10H,1-4H3. The summed E-state index contributed by atoms with van der Waals surface area (Å²) >= 11 is 6.08. The third kappa shape index (κ3) is 3.69. The van der Waals surface area contributed by atoms with E-state index in [0.29, 0.717) is 33.4 Å². The highest BCUT2D eigenvalue weighted by Gasteiger charge is 2.27. The van der Waals surface area contributed by atoms with E-state index in [2.05, 4.69) is 4.98 Å². The number of aromatic nitrogens is 1. The molecule has 8 heteroatoms. The van der Waals surface area contributed by atoms with Crippen LogP contribution in [-0.2, 0) is 9.47 Å². The summed E-state index contributed by atoms with van der Waals surface area (Å²) in [5.41, 5.74) is 1.14. The number of nitrogens with zero attached hydrogens (tertiary/aromatic N) is 1.